The number of unbranched alkanes of at least 4 members (excludes halogenated alkanes) is 1. The highest BCUT2D eigenvalue weighted by Crippen LogP contribution is 2.18. The zero-order valence-electron chi connectivity index (χ0n) is 15.8. The van der Waals surface area contributed by atoms with Gasteiger partial charge in [0.1, 0.15) is 5.75 Å². The number of rotatable bonds is 7. The van der Waals surface area contributed by atoms with Crippen molar-refractivity contribution in [3.63, 3.8) is 0 Å². The Morgan fingerprint density at radius 3 is 2.52 bits per heavy atom. The van der Waals surface area contributed by atoms with Crippen molar-refractivity contribution in [2.75, 3.05) is 44.7 Å². The number of aryl methyl sites for hydroxylation is 1. The third kappa shape index (κ3) is 5.20. The molecule has 0 radical (unpaired) electrons. The smallest absolute Gasteiger partial charge is 0.360 e. The van der Waals surface area contributed by atoms with Crippen LogP contribution in [0.2, 0.25) is 0 Å². The first-order valence-corrected chi connectivity index (χ1v) is 9.47. The summed E-state index contributed by atoms with van der Waals surface area (Å²) >= 11 is 0. The Kier molecular flexibility index (Phi) is 6.65. The topological polar surface area (TPSA) is 65.9 Å². The summed E-state index contributed by atoms with van der Waals surface area (Å²) in [6.07, 6.45) is 2.87. The maximum Gasteiger partial charge on any atom is 0.360 e. The molecule has 1 N–H and O–H groups in total. The van der Waals surface area contributed by atoms with Gasteiger partial charge >= 0.3 is 5.97 Å². The van der Waals surface area contributed by atoms with E-state index in [4.69, 9.17) is 0 Å². The number of esters is 1. The lowest BCUT2D eigenvalue weighted by Crippen LogP contribution is -2.46. The molecule has 6 nitrogen and oxygen atoms in total. The Labute approximate surface area is 160 Å². The quantitative estimate of drug-likeness (QED) is 0.598. The van der Waals surface area contributed by atoms with Crippen LogP contribution in [-0.2, 0) is 11.2 Å². The van der Waals surface area contributed by atoms with Gasteiger partial charge in [0.05, 0.1) is 7.11 Å². The van der Waals surface area contributed by atoms with Gasteiger partial charge in [-0.2, -0.15) is 0 Å². The summed E-state index contributed by atoms with van der Waals surface area (Å²) in [5, 5.41) is 9.71. The highest BCUT2D eigenvalue weighted by molar-refractivity contribution is 5.90. The van der Waals surface area contributed by atoms with E-state index in [1.54, 1.807) is 6.07 Å². The second-order valence-corrected chi connectivity index (χ2v) is 6.78. The predicted molar refractivity (Wildman–Crippen MR) is 105 cm³/mol. The number of carbonyl (C=O) groups excluding carboxylic acids is 1. The van der Waals surface area contributed by atoms with Gasteiger partial charge in [0.25, 0.3) is 0 Å². The van der Waals surface area contributed by atoms with E-state index < -0.39 is 5.97 Å². The van der Waals surface area contributed by atoms with E-state index in [1.165, 1.54) is 18.9 Å². The number of hydrogen-bond acceptors (Lipinski definition) is 6. The number of piperazine rings is 1. The molecular formula is C21H27N3O3. The van der Waals surface area contributed by atoms with Crippen molar-refractivity contribution < 1.29 is 14.6 Å². The Bertz CT molecular complexity index is 744. The highest BCUT2D eigenvalue weighted by Gasteiger charge is 2.17. The zero-order valence-corrected chi connectivity index (χ0v) is 15.8. The second kappa shape index (κ2) is 9.37. The van der Waals surface area contributed by atoms with Gasteiger partial charge in [-0.25, -0.2) is 9.78 Å². The van der Waals surface area contributed by atoms with Gasteiger partial charge in [-0.3, -0.25) is 4.90 Å². The summed E-state index contributed by atoms with van der Waals surface area (Å²) in [4.78, 5) is 20.8. The minimum Gasteiger partial charge on any atom is -0.505 e. The van der Waals surface area contributed by atoms with Crippen LogP contribution in [0.1, 0.15) is 29.0 Å². The average Bonchev–Trinajstić information content (AvgIpc) is 2.73. The molecule has 2 aromatic rings. The lowest BCUT2D eigenvalue weighted by Gasteiger charge is -2.36. The molecule has 1 aliphatic heterocycles. The molecule has 0 amide bonds. The monoisotopic (exact) mass is 369 g/mol. The third-order valence-electron chi connectivity index (χ3n) is 4.96. The fourth-order valence-electron chi connectivity index (χ4n) is 3.39. The average molecular weight is 369 g/mol. The number of pyridine rings is 1. The molecule has 1 aliphatic rings. The van der Waals surface area contributed by atoms with E-state index in [0.29, 0.717) is 0 Å². The molecule has 0 spiro atoms. The Hall–Kier alpha value is -2.60. The summed E-state index contributed by atoms with van der Waals surface area (Å²) in [5.74, 6) is -0.743. The zero-order chi connectivity index (χ0) is 19.1. The first kappa shape index (κ1) is 19.2. The second-order valence-electron chi connectivity index (χ2n) is 6.78. The molecule has 0 saturated carbocycles. The van der Waals surface area contributed by atoms with Gasteiger partial charge in [0.15, 0.2) is 5.69 Å². The summed E-state index contributed by atoms with van der Waals surface area (Å²) in [6.45, 7) is 5.36. The van der Waals surface area contributed by atoms with Crippen molar-refractivity contribution in [1.29, 1.82) is 0 Å². The lowest BCUT2D eigenvalue weighted by molar-refractivity contribution is 0.0590. The van der Waals surface area contributed by atoms with E-state index >= 15 is 0 Å². The molecule has 1 fully saturated rings. The van der Waals surface area contributed by atoms with E-state index in [0.717, 1.165) is 57.7 Å². The molecule has 0 unspecified atom stereocenters. The third-order valence-corrected chi connectivity index (χ3v) is 4.96. The van der Waals surface area contributed by atoms with Crippen LogP contribution in [0.15, 0.2) is 42.5 Å². The van der Waals surface area contributed by atoms with Crippen molar-refractivity contribution in [2.45, 2.75) is 19.3 Å². The van der Waals surface area contributed by atoms with Crippen molar-refractivity contribution in [1.82, 2.24) is 9.88 Å². The van der Waals surface area contributed by atoms with E-state index in [-0.39, 0.29) is 11.4 Å². The predicted octanol–water partition coefficient (Wildman–Crippen LogP) is 2.72. The fourth-order valence-corrected chi connectivity index (χ4v) is 3.39. The number of carbonyl (C=O) groups is 1. The molecule has 6 heteroatoms. The van der Waals surface area contributed by atoms with E-state index in [2.05, 4.69) is 49.9 Å². The Morgan fingerprint density at radius 1 is 1.07 bits per heavy atom. The number of hydrogen-bond donors (Lipinski definition) is 1. The molecule has 144 valence electrons. The van der Waals surface area contributed by atoms with Gasteiger partial charge in [0, 0.05) is 37.6 Å². The van der Waals surface area contributed by atoms with Gasteiger partial charge in [-0.1, -0.05) is 18.2 Å². The van der Waals surface area contributed by atoms with Crippen molar-refractivity contribution in [2.24, 2.45) is 0 Å². The first-order valence-electron chi connectivity index (χ1n) is 9.47. The molecule has 0 atom stereocenters. The van der Waals surface area contributed by atoms with Gasteiger partial charge in [0.2, 0.25) is 0 Å². The first-order chi connectivity index (χ1) is 13.2. The number of nitrogens with zero attached hydrogens (tertiary/aromatic N) is 3. The molecule has 1 aromatic carbocycles. The molecule has 0 bridgehead atoms. The number of para-hydroxylation sites is 1. The molecule has 0 aliphatic carbocycles. The standard InChI is InChI=1S/C21H27N3O3/c1-27-21(26)20-19(25)11-10-17(22-20)7-5-6-12-23-13-15-24(16-14-23)18-8-3-2-4-9-18/h2-4,8-11,25H,5-7,12-16H2,1H3. The normalized spacial score (nSPS) is 14.9. The van der Waals surface area contributed by atoms with Crippen LogP contribution in [0.5, 0.6) is 5.75 Å². The van der Waals surface area contributed by atoms with Crippen molar-refractivity contribution in [3.8, 4) is 5.75 Å². The number of aromatic hydroxyl groups is 1. The number of benzene rings is 1. The Balaban J connectivity index is 1.39. The van der Waals surface area contributed by atoms with Gasteiger partial charge < -0.3 is 14.7 Å². The van der Waals surface area contributed by atoms with Crippen molar-refractivity contribution >= 4 is 11.7 Å². The minimum absolute atomic E-state index is 0.00738. The van der Waals surface area contributed by atoms with Crippen LogP contribution < -0.4 is 4.90 Å². The number of methoxy groups -OCH3 is 1. The molecule has 2 heterocycles. The largest absolute Gasteiger partial charge is 0.505 e. The van der Waals surface area contributed by atoms with Crippen LogP contribution in [0, 0.1) is 0 Å². The fraction of sp³-hybridized carbons (Fsp3) is 0.429. The summed E-state index contributed by atoms with van der Waals surface area (Å²) in [5.41, 5.74) is 2.10. The molecule has 3 rings (SSSR count). The number of anilines is 1. The van der Waals surface area contributed by atoms with Crippen LogP contribution >= 0.6 is 0 Å². The molecule has 1 saturated heterocycles. The van der Waals surface area contributed by atoms with E-state index in [1.807, 2.05) is 0 Å². The van der Waals surface area contributed by atoms with Crippen LogP contribution in [0.4, 0.5) is 5.69 Å². The molecule has 27 heavy (non-hydrogen) atoms. The maximum absolute atomic E-state index is 11.6. The summed E-state index contributed by atoms with van der Waals surface area (Å²) in [7, 11) is 1.29. The van der Waals surface area contributed by atoms with Crippen molar-refractivity contribution in [3.05, 3.63) is 53.9 Å². The molecule has 1 aromatic heterocycles. The number of ether oxygens (including phenoxy) is 1. The lowest BCUT2D eigenvalue weighted by atomic mass is 10.1. The number of aromatic nitrogens is 1. The maximum atomic E-state index is 11.6. The summed E-state index contributed by atoms with van der Waals surface area (Å²) in [6, 6.07) is 13.8. The minimum atomic E-state index is -0.606. The van der Waals surface area contributed by atoms with Gasteiger partial charge in [-0.05, 0) is 50.1 Å². The van der Waals surface area contributed by atoms with Crippen LogP contribution in [0.3, 0.4) is 0 Å². The van der Waals surface area contributed by atoms with Crippen LogP contribution in [0.25, 0.3) is 0 Å². The summed E-state index contributed by atoms with van der Waals surface area (Å²) < 4.78 is 4.65. The van der Waals surface area contributed by atoms with Crippen LogP contribution in [-0.4, -0.2) is 60.8 Å². The molecular weight excluding hydrogens is 342 g/mol. The Morgan fingerprint density at radius 2 is 1.81 bits per heavy atom. The van der Waals surface area contributed by atoms with Gasteiger partial charge in [-0.15, -0.1) is 0 Å². The SMILES string of the molecule is COC(=O)c1nc(CCCCN2CCN(c3ccccc3)CC2)ccc1O. The highest BCUT2D eigenvalue weighted by atomic mass is 16.5. The van der Waals surface area contributed by atoms with E-state index in [9.17, 15) is 9.90 Å².